The molecule has 0 atom stereocenters. The normalized spacial score (nSPS) is 10.9. The number of nitrogens with zero attached hydrogens (tertiary/aromatic N) is 2. The first kappa shape index (κ1) is 27.4. The van der Waals surface area contributed by atoms with Crippen LogP contribution >= 0.6 is 0 Å². The lowest BCUT2D eigenvalue weighted by atomic mass is 10.0. The second-order valence-electron chi connectivity index (χ2n) is 9.08. The second-order valence-corrected chi connectivity index (χ2v) is 9.08. The van der Waals surface area contributed by atoms with Crippen molar-refractivity contribution in [2.24, 2.45) is 0 Å². The van der Waals surface area contributed by atoms with E-state index in [-0.39, 0.29) is 5.56 Å². The monoisotopic (exact) mass is 484 g/mol. The van der Waals surface area contributed by atoms with E-state index in [9.17, 15) is 19.2 Å². The molecule has 188 valence electrons. The Balaban J connectivity index is 2.66. The number of hydrogen-bond acceptors (Lipinski definition) is 7. The van der Waals surface area contributed by atoms with Gasteiger partial charge in [0.2, 0.25) is 6.79 Å². The summed E-state index contributed by atoms with van der Waals surface area (Å²) in [5.74, 6) is -1.62. The van der Waals surface area contributed by atoms with E-state index in [1.807, 2.05) is 19.9 Å². The molecule has 0 heterocycles. The summed E-state index contributed by atoms with van der Waals surface area (Å²) in [6, 6.07) is 10.1. The molecule has 0 spiro atoms. The number of amides is 3. The van der Waals surface area contributed by atoms with Crippen LogP contribution in [0.5, 0.6) is 5.75 Å². The number of aryl methyl sites for hydroxylation is 2. The summed E-state index contributed by atoms with van der Waals surface area (Å²) in [7, 11) is 1.47. The van der Waals surface area contributed by atoms with Crippen LogP contribution in [0.2, 0.25) is 0 Å². The molecule has 0 aromatic heterocycles. The molecule has 9 nitrogen and oxygen atoms in total. The zero-order valence-electron chi connectivity index (χ0n) is 21.4. The molecule has 35 heavy (non-hydrogen) atoms. The Morgan fingerprint density at radius 2 is 1.49 bits per heavy atom. The van der Waals surface area contributed by atoms with E-state index in [2.05, 4.69) is 0 Å². The highest BCUT2D eigenvalue weighted by atomic mass is 16.7. The van der Waals surface area contributed by atoms with Gasteiger partial charge in [0, 0.05) is 23.6 Å². The molecule has 0 N–H and O–H groups in total. The van der Waals surface area contributed by atoms with Crippen molar-refractivity contribution in [3.8, 4) is 5.75 Å². The van der Waals surface area contributed by atoms with Crippen molar-refractivity contribution in [2.45, 2.75) is 54.0 Å². The SMILES string of the molecule is COc1cccc(C(=O)N(C(=O)OCOC(C)=O)N(C(=O)c2cc(C)cc(C)c2)C(C)(C)C)c1C. The number of benzene rings is 2. The van der Waals surface area contributed by atoms with Crippen molar-refractivity contribution in [3.05, 3.63) is 64.2 Å². The maximum absolute atomic E-state index is 13.8. The van der Waals surface area contributed by atoms with Crippen LogP contribution in [0, 0.1) is 20.8 Å². The van der Waals surface area contributed by atoms with E-state index in [0.29, 0.717) is 21.9 Å². The molecule has 0 aliphatic carbocycles. The lowest BCUT2D eigenvalue weighted by Crippen LogP contribution is -2.60. The molecule has 0 saturated heterocycles. The highest BCUT2D eigenvalue weighted by Gasteiger charge is 2.41. The zero-order valence-corrected chi connectivity index (χ0v) is 21.4. The minimum absolute atomic E-state index is 0.135. The van der Waals surface area contributed by atoms with Crippen molar-refractivity contribution in [1.29, 1.82) is 0 Å². The van der Waals surface area contributed by atoms with Crippen LogP contribution in [-0.2, 0) is 14.3 Å². The van der Waals surface area contributed by atoms with E-state index in [0.717, 1.165) is 23.1 Å². The number of imide groups is 1. The van der Waals surface area contributed by atoms with E-state index >= 15 is 0 Å². The molecule has 0 saturated carbocycles. The number of hydrazine groups is 1. The summed E-state index contributed by atoms with van der Waals surface area (Å²) in [6.45, 7) is 10.9. The van der Waals surface area contributed by atoms with Gasteiger partial charge in [-0.25, -0.2) is 9.80 Å². The molecular formula is C26H32N2O7. The summed E-state index contributed by atoms with van der Waals surface area (Å²) in [5.41, 5.74) is 1.58. The van der Waals surface area contributed by atoms with Gasteiger partial charge < -0.3 is 14.2 Å². The van der Waals surface area contributed by atoms with Gasteiger partial charge in [-0.15, -0.1) is 5.01 Å². The van der Waals surface area contributed by atoms with Crippen molar-refractivity contribution in [2.75, 3.05) is 13.9 Å². The van der Waals surface area contributed by atoms with Crippen molar-refractivity contribution < 1.29 is 33.4 Å². The van der Waals surface area contributed by atoms with Crippen LogP contribution < -0.4 is 4.74 Å². The molecule has 2 aromatic rings. The van der Waals surface area contributed by atoms with Crippen LogP contribution in [-0.4, -0.2) is 53.3 Å². The number of carbonyl (C=O) groups excluding carboxylic acids is 4. The molecule has 0 fully saturated rings. The summed E-state index contributed by atoms with van der Waals surface area (Å²) in [6.07, 6.45) is -1.17. The Bertz CT molecular complexity index is 1110. The molecule has 2 aromatic carbocycles. The fourth-order valence-corrected chi connectivity index (χ4v) is 3.58. The van der Waals surface area contributed by atoms with Gasteiger partial charge in [0.25, 0.3) is 11.8 Å². The van der Waals surface area contributed by atoms with Crippen LogP contribution in [0.3, 0.4) is 0 Å². The number of carbonyl (C=O) groups is 4. The summed E-state index contributed by atoms with van der Waals surface area (Å²) in [5, 5.41) is 1.70. The molecule has 9 heteroatoms. The van der Waals surface area contributed by atoms with Crippen LogP contribution in [0.4, 0.5) is 4.79 Å². The number of hydrogen-bond donors (Lipinski definition) is 0. The van der Waals surface area contributed by atoms with Gasteiger partial charge in [0.05, 0.1) is 12.6 Å². The van der Waals surface area contributed by atoms with Gasteiger partial charge in [-0.1, -0.05) is 23.3 Å². The molecule has 0 bridgehead atoms. The van der Waals surface area contributed by atoms with Crippen LogP contribution in [0.25, 0.3) is 0 Å². The van der Waals surface area contributed by atoms with Gasteiger partial charge in [0.1, 0.15) is 5.75 Å². The largest absolute Gasteiger partial charge is 0.496 e. The maximum Gasteiger partial charge on any atom is 0.439 e. The maximum atomic E-state index is 13.8. The topological polar surface area (TPSA) is 102 Å². The molecule has 2 rings (SSSR count). The summed E-state index contributed by atoms with van der Waals surface area (Å²) in [4.78, 5) is 52.0. The third kappa shape index (κ3) is 6.59. The average molecular weight is 485 g/mol. The predicted molar refractivity (Wildman–Crippen MR) is 129 cm³/mol. The molecule has 0 radical (unpaired) electrons. The highest BCUT2D eigenvalue weighted by Crippen LogP contribution is 2.27. The van der Waals surface area contributed by atoms with Crippen LogP contribution in [0.1, 0.15) is 65.1 Å². The molecule has 0 aliphatic rings. The standard InChI is InChI=1S/C26H32N2O7/c1-16-12-17(2)14-20(13-16)23(30)28(26(5,6)7)27(25(32)35-15-34-19(4)29)24(31)21-10-9-11-22(33-8)18(21)3/h9-14H,15H2,1-8H3. The Morgan fingerprint density at radius 1 is 0.886 bits per heavy atom. The summed E-state index contributed by atoms with van der Waals surface area (Å²) >= 11 is 0. The van der Waals surface area contributed by atoms with Crippen molar-refractivity contribution in [1.82, 2.24) is 10.0 Å². The van der Waals surface area contributed by atoms with Crippen LogP contribution in [0.15, 0.2) is 36.4 Å². The number of ether oxygens (including phenoxy) is 3. The smallest absolute Gasteiger partial charge is 0.439 e. The Hall–Kier alpha value is -3.88. The Kier molecular flexibility index (Phi) is 8.62. The first-order valence-electron chi connectivity index (χ1n) is 11.0. The first-order valence-corrected chi connectivity index (χ1v) is 11.0. The van der Waals surface area contributed by atoms with Gasteiger partial charge in [0.15, 0.2) is 0 Å². The quantitative estimate of drug-likeness (QED) is 0.348. The minimum atomic E-state index is -1.17. The molecule has 0 aliphatic heterocycles. The molecule has 0 unspecified atom stereocenters. The van der Waals surface area contributed by atoms with E-state index < -0.39 is 36.2 Å². The number of rotatable bonds is 5. The Morgan fingerprint density at radius 3 is 2.00 bits per heavy atom. The summed E-state index contributed by atoms with van der Waals surface area (Å²) < 4.78 is 15.1. The van der Waals surface area contributed by atoms with Gasteiger partial charge in [-0.05, 0) is 65.8 Å². The number of esters is 1. The fraction of sp³-hybridized carbons (Fsp3) is 0.385. The van der Waals surface area contributed by atoms with E-state index in [1.165, 1.54) is 13.2 Å². The lowest BCUT2D eigenvalue weighted by molar-refractivity contribution is -0.150. The Labute approximate surface area is 205 Å². The lowest BCUT2D eigenvalue weighted by Gasteiger charge is -2.41. The highest BCUT2D eigenvalue weighted by molar-refractivity contribution is 6.07. The van der Waals surface area contributed by atoms with Gasteiger partial charge in [-0.2, -0.15) is 0 Å². The van der Waals surface area contributed by atoms with Gasteiger partial charge in [-0.3, -0.25) is 14.4 Å². The minimum Gasteiger partial charge on any atom is -0.496 e. The second kappa shape index (κ2) is 11.0. The number of methoxy groups -OCH3 is 1. The zero-order chi connectivity index (χ0) is 26.5. The van der Waals surface area contributed by atoms with Gasteiger partial charge >= 0.3 is 12.1 Å². The predicted octanol–water partition coefficient (Wildman–Crippen LogP) is 4.58. The first-order chi connectivity index (χ1) is 16.3. The average Bonchev–Trinajstić information content (AvgIpc) is 2.74. The van der Waals surface area contributed by atoms with Crippen molar-refractivity contribution >= 4 is 23.9 Å². The van der Waals surface area contributed by atoms with E-state index in [1.54, 1.807) is 52.0 Å². The third-order valence-corrected chi connectivity index (χ3v) is 5.04. The van der Waals surface area contributed by atoms with E-state index in [4.69, 9.17) is 14.2 Å². The third-order valence-electron chi connectivity index (χ3n) is 5.04. The molecule has 3 amide bonds. The fourth-order valence-electron chi connectivity index (χ4n) is 3.58. The van der Waals surface area contributed by atoms with Crippen molar-refractivity contribution in [3.63, 3.8) is 0 Å². The molecular weight excluding hydrogens is 452 g/mol.